The van der Waals surface area contributed by atoms with E-state index in [0.717, 1.165) is 13.1 Å². The van der Waals surface area contributed by atoms with Crippen molar-refractivity contribution in [3.63, 3.8) is 0 Å². The van der Waals surface area contributed by atoms with Crippen molar-refractivity contribution in [1.29, 1.82) is 0 Å². The minimum absolute atomic E-state index is 0.228. The van der Waals surface area contributed by atoms with Crippen molar-refractivity contribution in [1.82, 2.24) is 14.5 Å². The molecule has 0 spiro atoms. The van der Waals surface area contributed by atoms with Gasteiger partial charge < -0.3 is 19.8 Å². The minimum atomic E-state index is -5.23. The number of rotatable bonds is 5. The van der Waals surface area contributed by atoms with Crippen molar-refractivity contribution < 1.29 is 37.7 Å². The molecule has 0 saturated carbocycles. The Morgan fingerprint density at radius 1 is 1.26 bits per heavy atom. The maximum absolute atomic E-state index is 16.2. The van der Waals surface area contributed by atoms with Gasteiger partial charge in [-0.25, -0.2) is 9.36 Å². The van der Waals surface area contributed by atoms with Crippen molar-refractivity contribution in [2.24, 2.45) is 5.41 Å². The lowest BCUT2D eigenvalue weighted by atomic mass is 9.76. The van der Waals surface area contributed by atoms with Crippen molar-refractivity contribution in [2.75, 3.05) is 7.05 Å². The largest absolute Gasteiger partial charge is 0.382 e. The summed E-state index contributed by atoms with van der Waals surface area (Å²) in [5.74, 6) is -12.6. The van der Waals surface area contributed by atoms with Crippen LogP contribution in [0.4, 0.5) is 13.2 Å². The van der Waals surface area contributed by atoms with Gasteiger partial charge in [-0.3, -0.25) is 19.4 Å². The van der Waals surface area contributed by atoms with Gasteiger partial charge in [0.15, 0.2) is 5.78 Å². The van der Waals surface area contributed by atoms with E-state index in [-0.39, 0.29) is 16.6 Å². The van der Waals surface area contributed by atoms with Gasteiger partial charge in [0, 0.05) is 36.0 Å². The normalized spacial score (nSPS) is 29.1. The molecule has 0 aromatic carbocycles. The molecule has 35 heavy (non-hydrogen) atoms. The van der Waals surface area contributed by atoms with E-state index in [1.54, 1.807) is 4.98 Å². The molecule has 3 rings (SSSR count). The number of halogens is 3. The number of allylic oxidation sites excluding steroid dienone is 1. The van der Waals surface area contributed by atoms with E-state index in [2.05, 4.69) is 0 Å². The number of carbonyl (C=O) groups excluding carboxylic acids is 2. The van der Waals surface area contributed by atoms with Crippen LogP contribution in [0, 0.1) is 12.3 Å². The average molecular weight is 501 g/mol. The van der Waals surface area contributed by atoms with Crippen LogP contribution in [0.3, 0.4) is 0 Å². The number of ketones is 2. The van der Waals surface area contributed by atoms with Gasteiger partial charge in [-0.1, -0.05) is 26.8 Å². The molecule has 1 fully saturated rings. The third kappa shape index (κ3) is 3.87. The number of carbonyl (C=O) groups is 2. The number of aromatic amines is 1. The van der Waals surface area contributed by atoms with Crippen LogP contribution in [0.2, 0.25) is 0 Å². The number of aromatic nitrogens is 2. The third-order valence-electron chi connectivity index (χ3n) is 5.96. The highest BCUT2D eigenvalue weighted by molar-refractivity contribution is 6.04. The van der Waals surface area contributed by atoms with Crippen LogP contribution in [0.15, 0.2) is 39.8 Å². The topological polar surface area (TPSA) is 142 Å². The number of aliphatic hydroxyl groups is 2. The number of ether oxygens (including phenoxy) is 1. The second kappa shape index (κ2) is 8.28. The quantitative estimate of drug-likeness (QED) is 0.529. The summed E-state index contributed by atoms with van der Waals surface area (Å²) in [4.78, 5) is 53.0. The fraction of sp³-hybridized carbons (Fsp3) is 0.545. The van der Waals surface area contributed by atoms with Crippen molar-refractivity contribution in [2.45, 2.75) is 63.8 Å². The van der Waals surface area contributed by atoms with E-state index in [4.69, 9.17) is 4.74 Å². The van der Waals surface area contributed by atoms with E-state index in [9.17, 15) is 29.4 Å². The zero-order chi connectivity index (χ0) is 26.7. The molecule has 1 aromatic heterocycles. The minimum Gasteiger partial charge on any atom is -0.382 e. The van der Waals surface area contributed by atoms with Gasteiger partial charge >= 0.3 is 17.6 Å². The lowest BCUT2D eigenvalue weighted by molar-refractivity contribution is -0.304. The summed E-state index contributed by atoms with van der Waals surface area (Å²) in [5, 5.41) is 21.9. The fourth-order valence-electron chi connectivity index (χ4n) is 3.96. The molecule has 0 aliphatic carbocycles. The first-order chi connectivity index (χ1) is 15.9. The molecule has 4 atom stereocenters. The molecule has 13 heteroatoms. The molecule has 1 unspecified atom stereocenters. The zero-order valence-electron chi connectivity index (χ0n) is 19.6. The van der Waals surface area contributed by atoms with Gasteiger partial charge in [0.1, 0.15) is 12.2 Å². The summed E-state index contributed by atoms with van der Waals surface area (Å²) >= 11 is 0. The molecule has 0 bridgehead atoms. The highest BCUT2D eigenvalue weighted by Crippen LogP contribution is 2.56. The number of alkyl halides is 3. The summed E-state index contributed by atoms with van der Waals surface area (Å²) in [6.45, 7) is 5.07. The Morgan fingerprint density at radius 2 is 1.86 bits per heavy atom. The monoisotopic (exact) mass is 501 g/mol. The number of H-pyrrole nitrogens is 1. The molecule has 3 heterocycles. The molecule has 10 nitrogen and oxygen atoms in total. The number of Topliss-reactive ketones (excluding diaryl/α,β-unsaturated/α-hetero) is 2. The number of hydrogen-bond acceptors (Lipinski definition) is 8. The summed E-state index contributed by atoms with van der Waals surface area (Å²) < 4.78 is 52.4. The predicted molar refractivity (Wildman–Crippen MR) is 115 cm³/mol. The molecule has 1 aromatic rings. The second-order valence-electron chi connectivity index (χ2n) is 9.68. The van der Waals surface area contributed by atoms with Crippen molar-refractivity contribution >= 4 is 11.6 Å². The maximum Gasteiger partial charge on any atom is 0.366 e. The van der Waals surface area contributed by atoms with Gasteiger partial charge in [-0.15, -0.1) is 0 Å². The van der Waals surface area contributed by atoms with E-state index >= 15 is 13.2 Å². The molecule has 2 aliphatic heterocycles. The van der Waals surface area contributed by atoms with Gasteiger partial charge in [0.2, 0.25) is 11.4 Å². The average Bonchev–Trinajstić information content (AvgIpc) is 2.92. The first-order valence-corrected chi connectivity index (χ1v) is 10.6. The maximum atomic E-state index is 16.2. The van der Waals surface area contributed by atoms with Crippen LogP contribution in [0.25, 0.3) is 0 Å². The summed E-state index contributed by atoms with van der Waals surface area (Å²) in [5.41, 5.74) is -8.92. The molecule has 3 N–H and O–H groups in total. The Balaban J connectivity index is 2.28. The standard InChI is InChI=1S/C22H26F3N3O7/c1-11-9-28(18(33)26-17(11)32)22(25)21(23,24)20(34,14(30)12-7-6-8-27(5)10-12)16(35-22)13(29)15(31)19(2,3)4/h6,8-10,13,16,29,34H,7H2,1-5H3,(H,26,32,33)/t13?,16-,20-,22+/m1/s1. The Labute approximate surface area is 197 Å². The van der Waals surface area contributed by atoms with E-state index < -0.39 is 63.5 Å². The first kappa shape index (κ1) is 26.6. The number of hydrogen-bond donors (Lipinski definition) is 3. The Morgan fingerprint density at radius 3 is 2.40 bits per heavy atom. The van der Waals surface area contributed by atoms with Crippen LogP contribution < -0.4 is 11.2 Å². The van der Waals surface area contributed by atoms with E-state index in [0.29, 0.717) is 6.20 Å². The Hall–Kier alpha value is -3.03. The molecule has 1 saturated heterocycles. The fourth-order valence-corrected chi connectivity index (χ4v) is 3.96. The Kier molecular flexibility index (Phi) is 6.28. The number of aliphatic hydroxyl groups excluding tert-OH is 1. The molecule has 192 valence electrons. The molecule has 0 amide bonds. The zero-order valence-corrected chi connectivity index (χ0v) is 19.6. The second-order valence-corrected chi connectivity index (χ2v) is 9.68. The van der Waals surface area contributed by atoms with Gasteiger partial charge in [0.25, 0.3) is 5.56 Å². The highest BCUT2D eigenvalue weighted by atomic mass is 19.3. The number of nitrogens with zero attached hydrogens (tertiary/aromatic N) is 2. The predicted octanol–water partition coefficient (Wildman–Crippen LogP) is 0.468. The van der Waals surface area contributed by atoms with Crippen LogP contribution in [0.5, 0.6) is 0 Å². The van der Waals surface area contributed by atoms with Crippen LogP contribution >= 0.6 is 0 Å². The van der Waals surface area contributed by atoms with Crippen LogP contribution in [-0.2, 0) is 20.3 Å². The SMILES string of the molecule is Cc1cn([C@]2(F)O[C@H](C(O)C(=O)C(C)(C)C)[C@](O)(C(=O)C3=CN(C)C=CC3)C2(F)F)c(=O)[nH]c1=O. The summed E-state index contributed by atoms with van der Waals surface area (Å²) in [6, 6.07) is 0. The van der Waals surface area contributed by atoms with E-state index in [1.807, 2.05) is 0 Å². The third-order valence-corrected chi connectivity index (χ3v) is 5.96. The molecular formula is C22H26F3N3O7. The molecule has 2 aliphatic rings. The van der Waals surface area contributed by atoms with Crippen molar-refractivity contribution in [3.05, 3.63) is 56.6 Å². The highest BCUT2D eigenvalue weighted by Gasteiger charge is 2.83. The Bertz CT molecular complexity index is 1250. The van der Waals surface area contributed by atoms with Crippen LogP contribution in [-0.4, -0.2) is 67.0 Å². The summed E-state index contributed by atoms with van der Waals surface area (Å²) in [6.07, 6.45) is -1.19. The van der Waals surface area contributed by atoms with Crippen molar-refractivity contribution in [3.8, 4) is 0 Å². The van der Waals surface area contributed by atoms with Gasteiger partial charge in [-0.05, 0) is 19.5 Å². The lowest BCUT2D eigenvalue weighted by Gasteiger charge is -2.35. The molecular weight excluding hydrogens is 475 g/mol. The number of aryl methyl sites for hydroxylation is 1. The van der Waals surface area contributed by atoms with Gasteiger partial charge in [-0.2, -0.15) is 13.2 Å². The van der Waals surface area contributed by atoms with Gasteiger partial charge in [0.05, 0.1) is 0 Å². The number of nitrogens with one attached hydrogen (secondary N) is 1. The van der Waals surface area contributed by atoms with E-state index in [1.165, 1.54) is 45.0 Å². The summed E-state index contributed by atoms with van der Waals surface area (Å²) in [7, 11) is 1.47. The molecule has 0 radical (unpaired) electrons. The lowest BCUT2D eigenvalue weighted by Crippen LogP contribution is -2.65. The van der Waals surface area contributed by atoms with Crippen LogP contribution in [0.1, 0.15) is 32.8 Å². The smallest absolute Gasteiger partial charge is 0.366 e. The first-order valence-electron chi connectivity index (χ1n) is 10.6.